The number of fused-ring (bicyclic) bond motifs is 2. The van der Waals surface area contributed by atoms with Gasteiger partial charge in [-0.15, -0.1) is 11.3 Å². The van der Waals surface area contributed by atoms with Crippen molar-refractivity contribution in [2.45, 2.75) is 6.42 Å². The van der Waals surface area contributed by atoms with Crippen LogP contribution in [0.25, 0.3) is 27.8 Å². The summed E-state index contributed by atoms with van der Waals surface area (Å²) in [5.41, 5.74) is 3.12. The first-order valence-corrected chi connectivity index (χ1v) is 11.3. The highest BCUT2D eigenvalue weighted by Crippen LogP contribution is 2.27. The molecule has 0 spiro atoms. The summed E-state index contributed by atoms with van der Waals surface area (Å²) in [5, 5.41) is 16.3. The van der Waals surface area contributed by atoms with E-state index in [1.165, 1.54) is 27.7 Å². The Morgan fingerprint density at radius 3 is 2.70 bits per heavy atom. The molecule has 2 heterocycles. The third-order valence-electron chi connectivity index (χ3n) is 5.61. The molecular weight excluding hydrogens is 428 g/mol. The fourth-order valence-electron chi connectivity index (χ4n) is 4.04. The van der Waals surface area contributed by atoms with Gasteiger partial charge in [0, 0.05) is 47.2 Å². The zero-order valence-corrected chi connectivity index (χ0v) is 18.8. The van der Waals surface area contributed by atoms with Crippen molar-refractivity contribution in [1.82, 2.24) is 9.55 Å². The number of aromatic nitrogens is 2. The molecule has 0 unspecified atom stereocenters. The minimum Gasteiger partial charge on any atom is -0.350 e. The number of para-hydroxylation sites is 1. The molecule has 0 saturated heterocycles. The van der Waals surface area contributed by atoms with Gasteiger partial charge in [0.05, 0.1) is 0 Å². The normalized spacial score (nSPS) is 11.6. The van der Waals surface area contributed by atoms with Crippen molar-refractivity contribution < 1.29 is 4.79 Å². The summed E-state index contributed by atoms with van der Waals surface area (Å²) in [6.07, 6.45) is 6.05. The van der Waals surface area contributed by atoms with Gasteiger partial charge in [0.1, 0.15) is 11.6 Å². The smallest absolute Gasteiger partial charge is 0.268 e. The number of thiazole rings is 1. The predicted octanol–water partition coefficient (Wildman–Crippen LogP) is 5.92. The van der Waals surface area contributed by atoms with Crippen molar-refractivity contribution in [3.05, 3.63) is 101 Å². The van der Waals surface area contributed by atoms with E-state index in [4.69, 9.17) is 0 Å². The Balaban J connectivity index is 1.35. The van der Waals surface area contributed by atoms with E-state index in [-0.39, 0.29) is 5.57 Å². The zero-order chi connectivity index (χ0) is 22.8. The van der Waals surface area contributed by atoms with Crippen LogP contribution in [0.3, 0.4) is 0 Å². The zero-order valence-electron chi connectivity index (χ0n) is 17.9. The summed E-state index contributed by atoms with van der Waals surface area (Å²) in [5.74, 6) is -0.462. The van der Waals surface area contributed by atoms with Crippen LogP contribution in [0, 0.1) is 11.3 Å². The summed E-state index contributed by atoms with van der Waals surface area (Å²) in [6, 6.07) is 24.5. The van der Waals surface area contributed by atoms with E-state index in [0.29, 0.717) is 5.13 Å². The number of hydrogen-bond acceptors (Lipinski definition) is 4. The second-order valence-electron chi connectivity index (χ2n) is 7.78. The molecule has 5 aromatic rings. The lowest BCUT2D eigenvalue weighted by Crippen LogP contribution is -2.13. The molecule has 0 atom stereocenters. The van der Waals surface area contributed by atoms with Crippen molar-refractivity contribution in [3.63, 3.8) is 0 Å². The lowest BCUT2D eigenvalue weighted by molar-refractivity contribution is -0.112. The minimum absolute atomic E-state index is 0.0390. The summed E-state index contributed by atoms with van der Waals surface area (Å²) >= 11 is 1.42. The van der Waals surface area contributed by atoms with Gasteiger partial charge in [0.25, 0.3) is 5.91 Å². The molecule has 5 rings (SSSR count). The van der Waals surface area contributed by atoms with Crippen molar-refractivity contribution in [3.8, 4) is 6.07 Å². The van der Waals surface area contributed by atoms with E-state index < -0.39 is 5.91 Å². The first kappa shape index (κ1) is 20.7. The van der Waals surface area contributed by atoms with Gasteiger partial charge in [-0.25, -0.2) is 4.98 Å². The van der Waals surface area contributed by atoms with E-state index in [1.807, 2.05) is 60.3 Å². The van der Waals surface area contributed by atoms with Crippen LogP contribution in [0.1, 0.15) is 16.0 Å². The molecule has 2 aromatic heterocycles. The van der Waals surface area contributed by atoms with Crippen LogP contribution in [0.15, 0.2) is 84.7 Å². The highest BCUT2D eigenvalue weighted by molar-refractivity contribution is 7.15. The highest BCUT2D eigenvalue weighted by Gasteiger charge is 2.14. The van der Waals surface area contributed by atoms with Crippen LogP contribution in [-0.2, 0) is 18.3 Å². The quantitative estimate of drug-likeness (QED) is 0.268. The van der Waals surface area contributed by atoms with Gasteiger partial charge in [-0.3, -0.25) is 10.1 Å². The Morgan fingerprint density at radius 1 is 1.09 bits per heavy atom. The van der Waals surface area contributed by atoms with Gasteiger partial charge >= 0.3 is 0 Å². The lowest BCUT2D eigenvalue weighted by Gasteiger charge is -2.04. The van der Waals surface area contributed by atoms with Crippen molar-refractivity contribution in [1.29, 1.82) is 5.26 Å². The minimum atomic E-state index is -0.462. The molecule has 5 nitrogen and oxygen atoms in total. The number of nitriles is 1. The SMILES string of the molecule is Cn1cc(C=C(C#N)C(=O)Nc2ncc(Cc3cccc4ccccc34)s2)c2ccccc21. The maximum atomic E-state index is 12.8. The summed E-state index contributed by atoms with van der Waals surface area (Å²) in [7, 11) is 1.94. The third-order valence-corrected chi connectivity index (χ3v) is 6.52. The Hall–Kier alpha value is -4.21. The Morgan fingerprint density at radius 2 is 1.85 bits per heavy atom. The lowest BCUT2D eigenvalue weighted by atomic mass is 10.0. The second kappa shape index (κ2) is 8.73. The van der Waals surface area contributed by atoms with Gasteiger partial charge < -0.3 is 4.57 Å². The number of nitrogens with zero attached hydrogens (tertiary/aromatic N) is 3. The van der Waals surface area contributed by atoms with Gasteiger partial charge in [0.2, 0.25) is 0 Å². The van der Waals surface area contributed by atoms with Crippen LogP contribution < -0.4 is 5.32 Å². The van der Waals surface area contributed by atoms with E-state index in [2.05, 4.69) is 40.6 Å². The number of amides is 1. The highest BCUT2D eigenvalue weighted by atomic mass is 32.1. The van der Waals surface area contributed by atoms with Crippen LogP contribution >= 0.6 is 11.3 Å². The summed E-state index contributed by atoms with van der Waals surface area (Å²) in [4.78, 5) is 18.2. The number of carbonyl (C=O) groups excluding carboxylic acids is 1. The first-order valence-electron chi connectivity index (χ1n) is 10.5. The molecule has 1 amide bonds. The molecule has 0 aliphatic heterocycles. The number of aryl methyl sites for hydroxylation is 1. The van der Waals surface area contributed by atoms with Gasteiger partial charge in [-0.1, -0.05) is 60.7 Å². The molecule has 0 aliphatic carbocycles. The fourth-order valence-corrected chi connectivity index (χ4v) is 4.87. The van der Waals surface area contributed by atoms with Crippen LogP contribution in [0.5, 0.6) is 0 Å². The van der Waals surface area contributed by atoms with E-state index >= 15 is 0 Å². The molecule has 3 aromatic carbocycles. The number of rotatable bonds is 5. The largest absolute Gasteiger partial charge is 0.350 e. The summed E-state index contributed by atoms with van der Waals surface area (Å²) < 4.78 is 1.98. The van der Waals surface area contributed by atoms with Crippen LogP contribution in [0.4, 0.5) is 5.13 Å². The van der Waals surface area contributed by atoms with E-state index in [1.54, 1.807) is 12.3 Å². The Labute approximate surface area is 195 Å². The third kappa shape index (κ3) is 4.14. The number of benzene rings is 3. The predicted molar refractivity (Wildman–Crippen MR) is 134 cm³/mol. The molecule has 0 fully saturated rings. The number of nitrogens with one attached hydrogen (secondary N) is 1. The van der Waals surface area contributed by atoms with E-state index in [0.717, 1.165) is 27.8 Å². The maximum absolute atomic E-state index is 12.8. The molecule has 1 N–H and O–H groups in total. The van der Waals surface area contributed by atoms with Gasteiger partial charge in [-0.05, 0) is 28.5 Å². The first-order chi connectivity index (χ1) is 16.1. The number of hydrogen-bond donors (Lipinski definition) is 1. The average molecular weight is 449 g/mol. The van der Waals surface area contributed by atoms with Gasteiger partial charge in [0.15, 0.2) is 5.13 Å². The monoisotopic (exact) mass is 448 g/mol. The second-order valence-corrected chi connectivity index (χ2v) is 8.90. The Kier molecular flexibility index (Phi) is 5.47. The van der Waals surface area contributed by atoms with Crippen LogP contribution in [-0.4, -0.2) is 15.5 Å². The molecule has 6 heteroatoms. The molecule has 0 bridgehead atoms. The molecular formula is C27H20N4OS. The molecule has 0 aliphatic rings. The topological polar surface area (TPSA) is 70.7 Å². The summed E-state index contributed by atoms with van der Waals surface area (Å²) in [6.45, 7) is 0. The van der Waals surface area contributed by atoms with Gasteiger partial charge in [-0.2, -0.15) is 5.26 Å². The molecule has 33 heavy (non-hydrogen) atoms. The standard InChI is InChI=1S/C27H20N4OS/c1-31-17-21(24-11-4-5-12-25(24)31)13-20(15-28)26(32)30-27-29-16-22(33-27)14-19-9-6-8-18-7-2-3-10-23(18)19/h2-13,16-17H,14H2,1H3,(H,29,30,32). The maximum Gasteiger partial charge on any atom is 0.268 e. The average Bonchev–Trinajstić information content (AvgIpc) is 3.41. The molecule has 0 saturated carbocycles. The van der Waals surface area contributed by atoms with Crippen molar-refractivity contribution >= 4 is 50.1 Å². The van der Waals surface area contributed by atoms with Crippen molar-refractivity contribution in [2.24, 2.45) is 7.05 Å². The fraction of sp³-hybridized carbons (Fsp3) is 0.0741. The molecule has 0 radical (unpaired) electrons. The van der Waals surface area contributed by atoms with Crippen molar-refractivity contribution in [2.75, 3.05) is 5.32 Å². The van der Waals surface area contributed by atoms with Crippen LogP contribution in [0.2, 0.25) is 0 Å². The number of anilines is 1. The number of carbonyl (C=O) groups is 1. The molecule has 160 valence electrons. The van der Waals surface area contributed by atoms with E-state index in [9.17, 15) is 10.1 Å². The Bertz CT molecular complexity index is 1560.